The second-order valence-electron chi connectivity index (χ2n) is 5.75. The van der Waals surface area contributed by atoms with Crippen molar-refractivity contribution >= 4 is 5.78 Å². The van der Waals surface area contributed by atoms with Crippen molar-refractivity contribution in [3.63, 3.8) is 0 Å². The molecule has 0 bridgehead atoms. The van der Waals surface area contributed by atoms with Crippen LogP contribution in [-0.4, -0.2) is 25.1 Å². The molecule has 2 atom stereocenters. The zero-order chi connectivity index (χ0) is 15.1. The molecule has 21 heavy (non-hydrogen) atoms. The first-order chi connectivity index (χ1) is 10.2. The Morgan fingerprint density at radius 3 is 2.62 bits per heavy atom. The highest BCUT2D eigenvalue weighted by atomic mass is 16.5. The van der Waals surface area contributed by atoms with E-state index in [0.717, 1.165) is 24.5 Å². The fourth-order valence-electron chi connectivity index (χ4n) is 2.94. The summed E-state index contributed by atoms with van der Waals surface area (Å²) < 4.78 is 11.2. The standard InChI is InChI=1S/C18H26O3/c1-3-14-6-5-7-17(12-14)21-13-18(19)15-8-10-16(11-9-15)20-4-2/h8-11,14,17H,3-7,12-13H2,1-2H3. The molecule has 1 aliphatic carbocycles. The van der Waals surface area contributed by atoms with Crippen LogP contribution in [0.2, 0.25) is 0 Å². The maximum absolute atomic E-state index is 12.1. The van der Waals surface area contributed by atoms with Crippen LogP contribution in [0.3, 0.4) is 0 Å². The molecule has 1 aromatic rings. The molecule has 0 saturated heterocycles. The first-order valence-electron chi connectivity index (χ1n) is 8.10. The molecule has 0 N–H and O–H groups in total. The molecule has 1 aromatic carbocycles. The first-order valence-corrected chi connectivity index (χ1v) is 8.10. The quantitative estimate of drug-likeness (QED) is 0.704. The Bertz CT molecular complexity index is 438. The summed E-state index contributed by atoms with van der Waals surface area (Å²) in [5.74, 6) is 1.62. The molecule has 1 aliphatic rings. The molecule has 0 aliphatic heterocycles. The van der Waals surface area contributed by atoms with Gasteiger partial charge in [0.2, 0.25) is 0 Å². The number of ketones is 1. The topological polar surface area (TPSA) is 35.5 Å². The lowest BCUT2D eigenvalue weighted by molar-refractivity contribution is 0.0156. The fourth-order valence-corrected chi connectivity index (χ4v) is 2.94. The van der Waals surface area contributed by atoms with Crippen LogP contribution in [-0.2, 0) is 4.74 Å². The molecule has 2 unspecified atom stereocenters. The molecular weight excluding hydrogens is 264 g/mol. The largest absolute Gasteiger partial charge is 0.494 e. The highest BCUT2D eigenvalue weighted by Gasteiger charge is 2.22. The third-order valence-electron chi connectivity index (χ3n) is 4.25. The summed E-state index contributed by atoms with van der Waals surface area (Å²) in [5, 5.41) is 0. The summed E-state index contributed by atoms with van der Waals surface area (Å²) in [4.78, 5) is 12.1. The minimum atomic E-state index is 0.0525. The van der Waals surface area contributed by atoms with Gasteiger partial charge in [-0.25, -0.2) is 0 Å². The van der Waals surface area contributed by atoms with Gasteiger partial charge in [-0.1, -0.05) is 26.2 Å². The number of rotatable bonds is 7. The van der Waals surface area contributed by atoms with E-state index in [1.165, 1.54) is 19.3 Å². The van der Waals surface area contributed by atoms with Gasteiger partial charge in [0.15, 0.2) is 5.78 Å². The van der Waals surface area contributed by atoms with E-state index < -0.39 is 0 Å². The average molecular weight is 290 g/mol. The molecule has 1 fully saturated rings. The van der Waals surface area contributed by atoms with E-state index in [9.17, 15) is 4.79 Å². The third-order valence-corrected chi connectivity index (χ3v) is 4.25. The average Bonchev–Trinajstić information content (AvgIpc) is 2.54. The van der Waals surface area contributed by atoms with Crippen molar-refractivity contribution in [2.45, 2.75) is 52.1 Å². The number of hydrogen-bond acceptors (Lipinski definition) is 3. The Morgan fingerprint density at radius 1 is 1.19 bits per heavy atom. The number of hydrogen-bond donors (Lipinski definition) is 0. The lowest BCUT2D eigenvalue weighted by Gasteiger charge is -2.28. The van der Waals surface area contributed by atoms with E-state index >= 15 is 0 Å². The highest BCUT2D eigenvalue weighted by Crippen LogP contribution is 2.28. The molecule has 0 radical (unpaired) electrons. The molecule has 0 amide bonds. The Balaban J connectivity index is 1.81. The normalized spacial score (nSPS) is 22.0. The van der Waals surface area contributed by atoms with Crippen molar-refractivity contribution in [1.82, 2.24) is 0 Å². The predicted molar refractivity (Wildman–Crippen MR) is 83.9 cm³/mol. The lowest BCUT2D eigenvalue weighted by Crippen LogP contribution is -2.25. The van der Waals surface area contributed by atoms with Crippen molar-refractivity contribution in [3.05, 3.63) is 29.8 Å². The molecule has 0 spiro atoms. The summed E-state index contributed by atoms with van der Waals surface area (Å²) in [7, 11) is 0. The van der Waals surface area contributed by atoms with Crippen LogP contribution in [0.5, 0.6) is 5.75 Å². The van der Waals surface area contributed by atoms with Crippen molar-refractivity contribution in [2.24, 2.45) is 5.92 Å². The Morgan fingerprint density at radius 2 is 1.95 bits per heavy atom. The summed E-state index contributed by atoms with van der Waals surface area (Å²) in [6.07, 6.45) is 6.20. The Kier molecular flexibility index (Phi) is 6.24. The van der Waals surface area contributed by atoms with E-state index in [-0.39, 0.29) is 18.5 Å². The zero-order valence-corrected chi connectivity index (χ0v) is 13.1. The molecule has 0 aromatic heterocycles. The fraction of sp³-hybridized carbons (Fsp3) is 0.611. The minimum absolute atomic E-state index is 0.0525. The maximum Gasteiger partial charge on any atom is 0.188 e. The van der Waals surface area contributed by atoms with E-state index in [2.05, 4.69) is 6.92 Å². The minimum Gasteiger partial charge on any atom is -0.494 e. The van der Waals surface area contributed by atoms with Crippen molar-refractivity contribution in [1.29, 1.82) is 0 Å². The molecular formula is C18H26O3. The van der Waals surface area contributed by atoms with Gasteiger partial charge < -0.3 is 9.47 Å². The van der Waals surface area contributed by atoms with E-state index in [4.69, 9.17) is 9.47 Å². The lowest BCUT2D eigenvalue weighted by atomic mass is 9.85. The summed E-state index contributed by atoms with van der Waals surface area (Å²) >= 11 is 0. The van der Waals surface area contributed by atoms with Crippen molar-refractivity contribution < 1.29 is 14.3 Å². The van der Waals surface area contributed by atoms with Crippen LogP contribution in [0, 0.1) is 5.92 Å². The summed E-state index contributed by atoms with van der Waals surface area (Å²) in [6.45, 7) is 5.00. The molecule has 116 valence electrons. The van der Waals surface area contributed by atoms with Gasteiger partial charge in [-0.15, -0.1) is 0 Å². The SMILES string of the molecule is CCOc1ccc(C(=O)COC2CCCC(CC)C2)cc1. The van der Waals surface area contributed by atoms with E-state index in [1.54, 1.807) is 0 Å². The zero-order valence-electron chi connectivity index (χ0n) is 13.1. The van der Waals surface area contributed by atoms with Gasteiger partial charge in [-0.05, 0) is 49.9 Å². The van der Waals surface area contributed by atoms with Gasteiger partial charge in [0.05, 0.1) is 12.7 Å². The Labute approximate surface area is 127 Å². The van der Waals surface area contributed by atoms with Gasteiger partial charge in [0, 0.05) is 5.56 Å². The second kappa shape index (κ2) is 8.18. The number of benzene rings is 1. The van der Waals surface area contributed by atoms with Gasteiger partial charge in [0.1, 0.15) is 12.4 Å². The molecule has 2 rings (SSSR count). The highest BCUT2D eigenvalue weighted by molar-refractivity contribution is 5.97. The van der Waals surface area contributed by atoms with E-state index in [0.29, 0.717) is 12.2 Å². The van der Waals surface area contributed by atoms with Crippen molar-refractivity contribution in [3.8, 4) is 5.75 Å². The number of ether oxygens (including phenoxy) is 2. The summed E-state index contributed by atoms with van der Waals surface area (Å²) in [6, 6.07) is 7.30. The van der Waals surface area contributed by atoms with Crippen LogP contribution < -0.4 is 4.74 Å². The predicted octanol–water partition coefficient (Wildman–Crippen LogP) is 4.25. The molecule has 0 heterocycles. The second-order valence-corrected chi connectivity index (χ2v) is 5.75. The van der Waals surface area contributed by atoms with Crippen molar-refractivity contribution in [2.75, 3.05) is 13.2 Å². The van der Waals surface area contributed by atoms with Gasteiger partial charge in [-0.2, -0.15) is 0 Å². The van der Waals surface area contributed by atoms with Crippen LogP contribution in [0.4, 0.5) is 0 Å². The summed E-state index contributed by atoms with van der Waals surface area (Å²) in [5.41, 5.74) is 0.696. The smallest absolute Gasteiger partial charge is 0.188 e. The van der Waals surface area contributed by atoms with Gasteiger partial charge in [-0.3, -0.25) is 4.79 Å². The molecule has 3 nitrogen and oxygen atoms in total. The van der Waals surface area contributed by atoms with Crippen LogP contribution in [0.1, 0.15) is 56.3 Å². The van der Waals surface area contributed by atoms with E-state index in [1.807, 2.05) is 31.2 Å². The molecule has 3 heteroatoms. The number of carbonyl (C=O) groups is 1. The number of carbonyl (C=O) groups excluding carboxylic acids is 1. The third kappa shape index (κ3) is 4.85. The van der Waals surface area contributed by atoms with Crippen LogP contribution in [0.25, 0.3) is 0 Å². The monoisotopic (exact) mass is 290 g/mol. The first kappa shape index (κ1) is 16.0. The Hall–Kier alpha value is -1.35. The van der Waals surface area contributed by atoms with Gasteiger partial charge >= 0.3 is 0 Å². The number of Topliss-reactive ketones (excluding diaryl/α,β-unsaturated/α-hetero) is 1. The van der Waals surface area contributed by atoms with Crippen LogP contribution >= 0.6 is 0 Å². The van der Waals surface area contributed by atoms with Gasteiger partial charge in [0.25, 0.3) is 0 Å². The van der Waals surface area contributed by atoms with Crippen LogP contribution in [0.15, 0.2) is 24.3 Å². The molecule has 1 saturated carbocycles. The maximum atomic E-state index is 12.1.